The van der Waals surface area contributed by atoms with Gasteiger partial charge in [-0.05, 0) is 67.5 Å². The van der Waals surface area contributed by atoms with Gasteiger partial charge in [-0.2, -0.15) is 0 Å². The fourth-order valence-corrected chi connectivity index (χ4v) is 4.47. The van der Waals surface area contributed by atoms with Crippen molar-refractivity contribution in [1.29, 1.82) is 0 Å². The number of nitrogens with zero attached hydrogens (tertiary/aromatic N) is 1. The number of carbonyl (C=O) groups excluding carboxylic acids is 2. The molecule has 2 aliphatic heterocycles. The van der Waals surface area contributed by atoms with Crippen LogP contribution in [0, 0.1) is 11.7 Å². The summed E-state index contributed by atoms with van der Waals surface area (Å²) in [7, 11) is 0. The molecule has 2 heterocycles. The van der Waals surface area contributed by atoms with Crippen molar-refractivity contribution in [3.05, 3.63) is 65.5 Å². The van der Waals surface area contributed by atoms with Crippen molar-refractivity contribution in [3.63, 3.8) is 0 Å². The molecule has 2 aliphatic rings. The summed E-state index contributed by atoms with van der Waals surface area (Å²) in [5, 5.41) is 5.88. The molecule has 7 nitrogen and oxygen atoms in total. The molecule has 0 saturated carbocycles. The van der Waals surface area contributed by atoms with Crippen LogP contribution < -0.4 is 10.6 Å². The van der Waals surface area contributed by atoms with Crippen LogP contribution in [0.25, 0.3) is 0 Å². The van der Waals surface area contributed by atoms with Crippen molar-refractivity contribution < 1.29 is 23.5 Å². The first-order chi connectivity index (χ1) is 17.1. The van der Waals surface area contributed by atoms with E-state index in [0.717, 1.165) is 36.3 Å². The van der Waals surface area contributed by atoms with Crippen LogP contribution in [0.3, 0.4) is 0 Å². The number of likely N-dealkylation sites (tertiary alicyclic amines) is 1. The third-order valence-corrected chi connectivity index (χ3v) is 6.56. The van der Waals surface area contributed by atoms with Gasteiger partial charge in [-0.1, -0.05) is 24.3 Å². The van der Waals surface area contributed by atoms with E-state index in [1.807, 2.05) is 24.3 Å². The Morgan fingerprint density at radius 2 is 1.83 bits per heavy atom. The van der Waals surface area contributed by atoms with Crippen LogP contribution in [-0.2, 0) is 27.4 Å². The SMILES string of the molecule is O=C(NCc1ccc(F)cc1)C1CCN(C(=O)Nc2cccc(COCC3CCCCO3)c2)CC1. The number of anilines is 1. The van der Waals surface area contributed by atoms with Crippen molar-refractivity contribution in [3.8, 4) is 0 Å². The second kappa shape index (κ2) is 12.7. The number of benzene rings is 2. The highest BCUT2D eigenvalue weighted by Gasteiger charge is 2.27. The number of amides is 3. The highest BCUT2D eigenvalue weighted by atomic mass is 19.1. The minimum absolute atomic E-state index is 0.0271. The maximum atomic E-state index is 13.0. The summed E-state index contributed by atoms with van der Waals surface area (Å²) in [5.41, 5.74) is 2.57. The van der Waals surface area contributed by atoms with E-state index in [1.165, 1.54) is 18.6 Å². The van der Waals surface area contributed by atoms with Crippen molar-refractivity contribution >= 4 is 17.6 Å². The Labute approximate surface area is 206 Å². The Morgan fingerprint density at radius 3 is 2.57 bits per heavy atom. The van der Waals surface area contributed by atoms with Crippen LogP contribution in [0.15, 0.2) is 48.5 Å². The van der Waals surface area contributed by atoms with Gasteiger partial charge in [0.1, 0.15) is 5.82 Å². The molecule has 2 saturated heterocycles. The molecule has 2 N–H and O–H groups in total. The molecule has 0 radical (unpaired) electrons. The third-order valence-electron chi connectivity index (χ3n) is 6.56. The number of halogens is 1. The first-order valence-electron chi connectivity index (χ1n) is 12.4. The highest BCUT2D eigenvalue weighted by molar-refractivity contribution is 5.89. The first-order valence-corrected chi connectivity index (χ1v) is 12.4. The lowest BCUT2D eigenvalue weighted by molar-refractivity contribution is -0.126. The Balaban J connectivity index is 1.17. The molecule has 3 amide bonds. The van der Waals surface area contributed by atoms with Crippen LogP contribution in [0.4, 0.5) is 14.9 Å². The molecular formula is C27H34FN3O4. The van der Waals surface area contributed by atoms with Crippen molar-refractivity contribution in [1.82, 2.24) is 10.2 Å². The minimum atomic E-state index is -0.296. The van der Waals surface area contributed by atoms with Gasteiger partial charge in [-0.3, -0.25) is 4.79 Å². The average molecular weight is 484 g/mol. The normalized spacial score (nSPS) is 18.8. The van der Waals surface area contributed by atoms with E-state index in [4.69, 9.17) is 9.47 Å². The minimum Gasteiger partial charge on any atom is -0.376 e. The summed E-state index contributed by atoms with van der Waals surface area (Å²) >= 11 is 0. The van der Waals surface area contributed by atoms with Crippen LogP contribution in [0.1, 0.15) is 43.2 Å². The van der Waals surface area contributed by atoms with Crippen LogP contribution in [0.2, 0.25) is 0 Å². The number of urea groups is 1. The van der Waals surface area contributed by atoms with Crippen LogP contribution in [-0.4, -0.2) is 49.2 Å². The fraction of sp³-hybridized carbons (Fsp3) is 0.481. The predicted octanol–water partition coefficient (Wildman–Crippen LogP) is 4.47. The second-order valence-electron chi connectivity index (χ2n) is 9.24. The summed E-state index contributed by atoms with van der Waals surface area (Å²) in [5.74, 6) is -0.454. The third kappa shape index (κ3) is 7.77. The molecule has 0 spiro atoms. The zero-order chi connectivity index (χ0) is 24.5. The molecule has 2 aromatic carbocycles. The van der Waals surface area contributed by atoms with Gasteiger partial charge < -0.3 is 25.0 Å². The molecule has 1 unspecified atom stereocenters. The number of carbonyl (C=O) groups is 2. The quantitative estimate of drug-likeness (QED) is 0.581. The van der Waals surface area contributed by atoms with Gasteiger partial charge in [0.25, 0.3) is 0 Å². The molecule has 35 heavy (non-hydrogen) atoms. The number of rotatable bonds is 8. The van der Waals surface area contributed by atoms with Crippen molar-refractivity contribution in [2.45, 2.75) is 51.4 Å². The van der Waals surface area contributed by atoms with E-state index in [2.05, 4.69) is 10.6 Å². The van der Waals surface area contributed by atoms with Gasteiger partial charge in [0.05, 0.1) is 19.3 Å². The molecule has 4 rings (SSSR count). The average Bonchev–Trinajstić information content (AvgIpc) is 2.89. The summed E-state index contributed by atoms with van der Waals surface area (Å²) in [6.07, 6.45) is 4.76. The molecule has 2 fully saturated rings. The fourth-order valence-electron chi connectivity index (χ4n) is 4.47. The number of nitrogens with one attached hydrogen (secondary N) is 2. The van der Waals surface area contributed by atoms with Crippen LogP contribution in [0.5, 0.6) is 0 Å². The number of hydrogen-bond donors (Lipinski definition) is 2. The van der Waals surface area contributed by atoms with E-state index in [9.17, 15) is 14.0 Å². The van der Waals surface area contributed by atoms with Gasteiger partial charge in [0, 0.05) is 37.8 Å². The second-order valence-corrected chi connectivity index (χ2v) is 9.24. The maximum absolute atomic E-state index is 13.0. The highest BCUT2D eigenvalue weighted by Crippen LogP contribution is 2.20. The zero-order valence-electron chi connectivity index (χ0n) is 20.0. The summed E-state index contributed by atoms with van der Waals surface area (Å²) in [6.45, 7) is 3.28. The van der Waals surface area contributed by atoms with Crippen molar-refractivity contribution in [2.24, 2.45) is 5.92 Å². The van der Waals surface area contributed by atoms with Gasteiger partial charge in [0.2, 0.25) is 5.91 Å². The van der Waals surface area contributed by atoms with E-state index in [1.54, 1.807) is 17.0 Å². The smallest absolute Gasteiger partial charge is 0.321 e. The topological polar surface area (TPSA) is 79.9 Å². The van der Waals surface area contributed by atoms with Gasteiger partial charge in [-0.15, -0.1) is 0 Å². The molecular weight excluding hydrogens is 449 g/mol. The molecule has 1 atom stereocenters. The largest absolute Gasteiger partial charge is 0.376 e. The van der Waals surface area contributed by atoms with E-state index >= 15 is 0 Å². The first kappa shape index (κ1) is 25.1. The lowest BCUT2D eigenvalue weighted by Gasteiger charge is -2.31. The van der Waals surface area contributed by atoms with E-state index in [-0.39, 0.29) is 29.8 Å². The van der Waals surface area contributed by atoms with E-state index in [0.29, 0.717) is 45.7 Å². The standard InChI is InChI=1S/C27H34FN3O4/c28-23-9-7-20(8-10-23)17-29-26(32)22-11-13-31(14-12-22)27(33)30-24-5-3-4-21(16-24)18-34-19-25-6-1-2-15-35-25/h3-5,7-10,16,22,25H,1-2,6,11-15,17-19H2,(H,29,32)(H,30,33). The molecule has 0 aromatic heterocycles. The van der Waals surface area contributed by atoms with Crippen LogP contribution >= 0.6 is 0 Å². The monoisotopic (exact) mass is 483 g/mol. The van der Waals surface area contributed by atoms with Crippen molar-refractivity contribution in [2.75, 3.05) is 31.6 Å². The van der Waals surface area contributed by atoms with Gasteiger partial charge >= 0.3 is 6.03 Å². The Bertz CT molecular complexity index is 971. The summed E-state index contributed by atoms with van der Waals surface area (Å²) in [6, 6.07) is 13.6. The summed E-state index contributed by atoms with van der Waals surface area (Å²) in [4.78, 5) is 27.0. The predicted molar refractivity (Wildman–Crippen MR) is 131 cm³/mol. The molecule has 0 bridgehead atoms. The number of piperidine rings is 1. The lowest BCUT2D eigenvalue weighted by Crippen LogP contribution is -2.44. The summed E-state index contributed by atoms with van der Waals surface area (Å²) < 4.78 is 24.5. The van der Waals surface area contributed by atoms with Gasteiger partial charge in [0.15, 0.2) is 0 Å². The van der Waals surface area contributed by atoms with Gasteiger partial charge in [-0.25, -0.2) is 9.18 Å². The molecule has 0 aliphatic carbocycles. The van der Waals surface area contributed by atoms with E-state index < -0.39 is 0 Å². The molecule has 8 heteroatoms. The Hall–Kier alpha value is -2.97. The zero-order valence-corrected chi connectivity index (χ0v) is 20.0. The maximum Gasteiger partial charge on any atom is 0.321 e. The Kier molecular flexibility index (Phi) is 9.08. The Morgan fingerprint density at radius 1 is 1.03 bits per heavy atom. The number of hydrogen-bond acceptors (Lipinski definition) is 4. The molecule has 2 aromatic rings. The number of ether oxygens (including phenoxy) is 2. The molecule has 188 valence electrons. The lowest BCUT2D eigenvalue weighted by atomic mass is 9.96.